The number of amides is 1. The Morgan fingerprint density at radius 3 is 2.53 bits per heavy atom. The molecule has 1 aliphatic heterocycles. The standard InChI is InChI=1S/C21H32N6O3/c1-14(2)19(26-10-8-16(9-11-26)20(22)28)21-23-24-25-27(21)12-7-15-5-6-17(29-3)18(13-15)30-4/h5-6,13-14,16,19H,7-12H2,1-4H3,(H2,22,28)/p+1/t19-/m1/s1. The van der Waals surface area contributed by atoms with Crippen LogP contribution in [0, 0.1) is 11.8 Å². The van der Waals surface area contributed by atoms with E-state index in [1.165, 1.54) is 4.90 Å². The van der Waals surface area contributed by atoms with Crippen LogP contribution in [-0.4, -0.2) is 53.4 Å². The maximum atomic E-state index is 11.5. The molecule has 1 amide bonds. The summed E-state index contributed by atoms with van der Waals surface area (Å²) in [6.07, 6.45) is 2.42. The summed E-state index contributed by atoms with van der Waals surface area (Å²) in [6, 6.07) is 6.12. The summed E-state index contributed by atoms with van der Waals surface area (Å²) < 4.78 is 12.6. The van der Waals surface area contributed by atoms with Gasteiger partial charge in [0.15, 0.2) is 17.5 Å². The van der Waals surface area contributed by atoms with E-state index in [0.717, 1.165) is 43.7 Å². The molecule has 30 heavy (non-hydrogen) atoms. The van der Waals surface area contributed by atoms with Gasteiger partial charge in [-0.05, 0) is 34.5 Å². The summed E-state index contributed by atoms with van der Waals surface area (Å²) in [5.74, 6) is 2.51. The van der Waals surface area contributed by atoms with Crippen molar-refractivity contribution in [2.24, 2.45) is 17.6 Å². The number of methoxy groups -OCH3 is 2. The lowest BCUT2D eigenvalue weighted by molar-refractivity contribution is -0.941. The molecule has 3 rings (SSSR count). The molecule has 1 aliphatic rings. The smallest absolute Gasteiger partial charge is 0.220 e. The number of nitrogens with two attached hydrogens (primary N) is 1. The molecule has 0 radical (unpaired) electrons. The van der Waals surface area contributed by atoms with Crippen molar-refractivity contribution < 1.29 is 19.2 Å². The number of likely N-dealkylation sites (tertiary alicyclic amines) is 1. The average Bonchev–Trinajstić information content (AvgIpc) is 3.20. The Hall–Kier alpha value is -2.68. The number of nitrogens with one attached hydrogen (secondary N) is 1. The molecule has 0 unspecified atom stereocenters. The zero-order valence-corrected chi connectivity index (χ0v) is 18.3. The fourth-order valence-electron chi connectivity index (χ4n) is 4.40. The van der Waals surface area contributed by atoms with E-state index < -0.39 is 0 Å². The third kappa shape index (κ3) is 4.89. The highest BCUT2D eigenvalue weighted by atomic mass is 16.5. The molecule has 164 valence electrons. The van der Waals surface area contributed by atoms with Gasteiger partial charge in [0.25, 0.3) is 0 Å². The minimum Gasteiger partial charge on any atom is -0.493 e. The predicted octanol–water partition coefficient (Wildman–Crippen LogP) is 0.410. The zero-order valence-electron chi connectivity index (χ0n) is 18.3. The SMILES string of the molecule is COc1ccc(CCn2nnnc2[C@@H](C(C)C)[NH+]2CCC(C(N)=O)CC2)cc1OC. The number of aryl methyl sites for hydroxylation is 2. The second kappa shape index (κ2) is 9.88. The molecule has 2 heterocycles. The van der Waals surface area contributed by atoms with Gasteiger partial charge in [-0.3, -0.25) is 4.79 Å². The second-order valence-corrected chi connectivity index (χ2v) is 8.26. The maximum absolute atomic E-state index is 11.5. The summed E-state index contributed by atoms with van der Waals surface area (Å²) in [5, 5.41) is 12.6. The number of hydrogen-bond donors (Lipinski definition) is 2. The summed E-state index contributed by atoms with van der Waals surface area (Å²) in [7, 11) is 3.27. The van der Waals surface area contributed by atoms with E-state index >= 15 is 0 Å². The lowest BCUT2D eigenvalue weighted by Gasteiger charge is -2.35. The monoisotopic (exact) mass is 417 g/mol. The molecule has 0 aliphatic carbocycles. The van der Waals surface area contributed by atoms with Crippen LogP contribution in [-0.2, 0) is 17.8 Å². The molecular formula is C21H33N6O3+. The maximum Gasteiger partial charge on any atom is 0.220 e. The van der Waals surface area contributed by atoms with Crippen LogP contribution < -0.4 is 20.1 Å². The predicted molar refractivity (Wildman–Crippen MR) is 111 cm³/mol. The van der Waals surface area contributed by atoms with Crippen LogP contribution in [0.5, 0.6) is 11.5 Å². The molecule has 0 spiro atoms. The molecule has 3 N–H and O–H groups in total. The number of carbonyl (C=O) groups is 1. The van der Waals surface area contributed by atoms with Crippen molar-refractivity contribution in [3.63, 3.8) is 0 Å². The van der Waals surface area contributed by atoms with E-state index in [1.54, 1.807) is 14.2 Å². The largest absolute Gasteiger partial charge is 0.493 e. The molecule has 2 aromatic rings. The van der Waals surface area contributed by atoms with Crippen molar-refractivity contribution in [3.8, 4) is 11.5 Å². The number of hydrogen-bond acceptors (Lipinski definition) is 6. The molecule has 1 aromatic carbocycles. The molecule has 1 saturated heterocycles. The minimum atomic E-state index is -0.185. The Labute approximate surface area is 177 Å². The summed E-state index contributed by atoms with van der Waals surface area (Å²) >= 11 is 0. The first-order valence-corrected chi connectivity index (χ1v) is 10.6. The molecule has 1 aromatic heterocycles. The van der Waals surface area contributed by atoms with Crippen molar-refractivity contribution >= 4 is 5.91 Å². The average molecular weight is 418 g/mol. The van der Waals surface area contributed by atoms with Crippen LogP contribution in [0.15, 0.2) is 18.2 Å². The topological polar surface area (TPSA) is 110 Å². The van der Waals surface area contributed by atoms with Crippen LogP contribution in [0.4, 0.5) is 0 Å². The van der Waals surface area contributed by atoms with E-state index in [4.69, 9.17) is 15.2 Å². The van der Waals surface area contributed by atoms with Gasteiger partial charge in [-0.25, -0.2) is 4.68 Å². The molecule has 9 heteroatoms. The first-order chi connectivity index (χ1) is 14.4. The van der Waals surface area contributed by atoms with Crippen molar-refractivity contribution in [2.75, 3.05) is 27.3 Å². The van der Waals surface area contributed by atoms with Gasteiger partial charge in [-0.1, -0.05) is 19.9 Å². The number of benzene rings is 1. The number of nitrogens with zero attached hydrogens (tertiary/aromatic N) is 4. The zero-order chi connectivity index (χ0) is 21.7. The number of ether oxygens (including phenoxy) is 2. The van der Waals surface area contributed by atoms with Crippen LogP contribution >= 0.6 is 0 Å². The Morgan fingerprint density at radius 1 is 1.23 bits per heavy atom. The number of rotatable bonds is 9. The number of piperidine rings is 1. The van der Waals surface area contributed by atoms with Crippen molar-refractivity contribution in [3.05, 3.63) is 29.6 Å². The van der Waals surface area contributed by atoms with Crippen LogP contribution in [0.2, 0.25) is 0 Å². The number of aromatic nitrogens is 4. The van der Waals surface area contributed by atoms with E-state index in [2.05, 4.69) is 29.4 Å². The fourth-order valence-corrected chi connectivity index (χ4v) is 4.40. The van der Waals surface area contributed by atoms with E-state index in [0.29, 0.717) is 24.0 Å². The van der Waals surface area contributed by atoms with Gasteiger partial charge in [0.2, 0.25) is 11.7 Å². The van der Waals surface area contributed by atoms with Gasteiger partial charge >= 0.3 is 0 Å². The molecule has 0 bridgehead atoms. The third-order valence-electron chi connectivity index (χ3n) is 6.03. The highest BCUT2D eigenvalue weighted by molar-refractivity contribution is 5.76. The molecular weight excluding hydrogens is 384 g/mol. The highest BCUT2D eigenvalue weighted by Crippen LogP contribution is 2.28. The Bertz CT molecular complexity index is 845. The van der Waals surface area contributed by atoms with E-state index in [9.17, 15) is 4.79 Å². The number of primary amides is 1. The van der Waals surface area contributed by atoms with Gasteiger partial charge in [0, 0.05) is 31.2 Å². The minimum absolute atomic E-state index is 0.0115. The lowest BCUT2D eigenvalue weighted by atomic mass is 9.92. The Balaban J connectivity index is 1.72. The highest BCUT2D eigenvalue weighted by Gasteiger charge is 2.36. The normalized spacial score (nSPS) is 20.2. The quantitative estimate of drug-likeness (QED) is 0.612. The molecule has 0 saturated carbocycles. The van der Waals surface area contributed by atoms with Gasteiger partial charge in [0.05, 0.1) is 27.3 Å². The lowest BCUT2D eigenvalue weighted by Crippen LogP contribution is -3.14. The van der Waals surface area contributed by atoms with Gasteiger partial charge < -0.3 is 20.1 Å². The van der Waals surface area contributed by atoms with Gasteiger partial charge in [-0.15, -0.1) is 5.10 Å². The molecule has 1 fully saturated rings. The van der Waals surface area contributed by atoms with Crippen molar-refractivity contribution in [1.82, 2.24) is 20.2 Å². The number of quaternary nitrogens is 1. The second-order valence-electron chi connectivity index (χ2n) is 8.26. The first-order valence-electron chi connectivity index (χ1n) is 10.6. The Kier molecular flexibility index (Phi) is 7.25. The molecule has 1 atom stereocenters. The van der Waals surface area contributed by atoms with Crippen LogP contribution in [0.3, 0.4) is 0 Å². The van der Waals surface area contributed by atoms with Gasteiger partial charge in [-0.2, -0.15) is 0 Å². The summed E-state index contributed by atoms with van der Waals surface area (Å²) in [5.41, 5.74) is 6.63. The number of tetrazole rings is 1. The van der Waals surface area contributed by atoms with Gasteiger partial charge in [0.1, 0.15) is 0 Å². The number of carbonyl (C=O) groups excluding carboxylic acids is 1. The van der Waals surface area contributed by atoms with Crippen LogP contribution in [0.1, 0.15) is 44.1 Å². The fraction of sp³-hybridized carbons (Fsp3) is 0.619. The first kappa shape index (κ1) is 22.0. The van der Waals surface area contributed by atoms with Crippen LogP contribution in [0.25, 0.3) is 0 Å². The summed E-state index contributed by atoms with van der Waals surface area (Å²) in [6.45, 7) is 6.88. The Morgan fingerprint density at radius 2 is 1.93 bits per heavy atom. The van der Waals surface area contributed by atoms with E-state index in [-0.39, 0.29) is 17.9 Å². The third-order valence-corrected chi connectivity index (χ3v) is 6.03. The summed E-state index contributed by atoms with van der Waals surface area (Å²) in [4.78, 5) is 12.9. The molecule has 9 nitrogen and oxygen atoms in total. The van der Waals surface area contributed by atoms with E-state index in [1.807, 2.05) is 22.9 Å². The van der Waals surface area contributed by atoms with Crippen molar-refractivity contribution in [2.45, 2.75) is 45.7 Å². The van der Waals surface area contributed by atoms with Crippen molar-refractivity contribution in [1.29, 1.82) is 0 Å².